The average Bonchev–Trinajstić information content (AvgIpc) is 2.12. The maximum Gasteiger partial charge on any atom is 0.147 e. The van der Waals surface area contributed by atoms with Crippen molar-refractivity contribution in [3.63, 3.8) is 0 Å². The Bertz CT molecular complexity index is 243. The Kier molecular flexibility index (Phi) is 6.18. The number of rotatable bonds is 6. The number of hydrogen-bond acceptors (Lipinski definition) is 2. The van der Waals surface area contributed by atoms with Crippen molar-refractivity contribution < 1.29 is 4.79 Å². The van der Waals surface area contributed by atoms with Crippen LogP contribution >= 0.6 is 0 Å². The molecule has 0 radical (unpaired) electrons. The smallest absolute Gasteiger partial charge is 0.147 e. The molecule has 0 heterocycles. The third-order valence-electron chi connectivity index (χ3n) is 2.85. The van der Waals surface area contributed by atoms with Crippen LogP contribution in [0.15, 0.2) is 24.8 Å². The third-order valence-corrected chi connectivity index (χ3v) is 2.85. The first kappa shape index (κ1) is 14.1. The van der Waals surface area contributed by atoms with Crippen LogP contribution in [0.25, 0.3) is 0 Å². The number of nitrogens with zero attached hydrogens (tertiary/aromatic N) is 1. The first-order valence-electron chi connectivity index (χ1n) is 5.38. The summed E-state index contributed by atoms with van der Waals surface area (Å²) in [5.41, 5.74) is 0. The fourth-order valence-electron chi connectivity index (χ4n) is 1.92. The van der Waals surface area contributed by atoms with Crippen LogP contribution in [0.2, 0.25) is 0 Å². The monoisotopic (exact) mass is 209 g/mol. The SMILES string of the molecule is C=C/C=C/[C@@H](C)[C@@H](C)[C@@H](C(C)=O)N(C)C. The molecule has 0 unspecified atom stereocenters. The molecule has 0 bridgehead atoms. The number of carbonyl (C=O) groups is 1. The van der Waals surface area contributed by atoms with E-state index in [-0.39, 0.29) is 11.8 Å². The second-order valence-corrected chi connectivity index (χ2v) is 4.36. The van der Waals surface area contributed by atoms with Gasteiger partial charge in [0.05, 0.1) is 6.04 Å². The van der Waals surface area contributed by atoms with Crippen molar-refractivity contribution in [1.29, 1.82) is 0 Å². The number of allylic oxidation sites excluding steroid dienone is 3. The Morgan fingerprint density at radius 3 is 2.20 bits per heavy atom. The molecule has 0 saturated carbocycles. The minimum absolute atomic E-state index is 0.00512. The van der Waals surface area contributed by atoms with Crippen molar-refractivity contribution in [3.8, 4) is 0 Å². The Labute approximate surface area is 93.7 Å². The largest absolute Gasteiger partial charge is 0.300 e. The summed E-state index contributed by atoms with van der Waals surface area (Å²) in [6.07, 6.45) is 5.80. The minimum atomic E-state index is -0.00512. The van der Waals surface area contributed by atoms with Crippen LogP contribution in [0.1, 0.15) is 20.8 Å². The molecule has 0 amide bonds. The normalized spacial score (nSPS) is 17.7. The third kappa shape index (κ3) is 4.43. The number of ketones is 1. The summed E-state index contributed by atoms with van der Waals surface area (Å²) in [5.74, 6) is 0.916. The van der Waals surface area contributed by atoms with Crippen molar-refractivity contribution in [2.75, 3.05) is 14.1 Å². The van der Waals surface area contributed by atoms with Crippen molar-refractivity contribution in [2.45, 2.75) is 26.8 Å². The first-order chi connectivity index (χ1) is 6.91. The van der Waals surface area contributed by atoms with Gasteiger partial charge in [0.2, 0.25) is 0 Å². The molecule has 0 aliphatic heterocycles. The number of carbonyl (C=O) groups excluding carboxylic acids is 1. The summed E-state index contributed by atoms with van der Waals surface area (Å²) in [6.45, 7) is 9.55. The highest BCUT2D eigenvalue weighted by Gasteiger charge is 2.26. The molecule has 0 aromatic carbocycles. The Morgan fingerprint density at radius 2 is 1.87 bits per heavy atom. The zero-order chi connectivity index (χ0) is 12.0. The molecular formula is C13H23NO. The molecule has 0 aliphatic carbocycles. The lowest BCUT2D eigenvalue weighted by atomic mass is 9.86. The summed E-state index contributed by atoms with van der Waals surface area (Å²) >= 11 is 0. The second kappa shape index (κ2) is 6.57. The highest BCUT2D eigenvalue weighted by molar-refractivity contribution is 5.81. The van der Waals surface area contributed by atoms with Crippen molar-refractivity contribution in [3.05, 3.63) is 24.8 Å². The van der Waals surface area contributed by atoms with E-state index in [1.807, 2.05) is 25.1 Å². The summed E-state index contributed by atoms with van der Waals surface area (Å²) in [5, 5.41) is 0. The van der Waals surface area contributed by atoms with E-state index >= 15 is 0 Å². The molecule has 0 aromatic heterocycles. The Balaban J connectivity index is 4.62. The molecule has 0 fully saturated rings. The lowest BCUT2D eigenvalue weighted by Gasteiger charge is -2.30. The van der Waals surface area contributed by atoms with Crippen LogP contribution in [0.3, 0.4) is 0 Å². The highest BCUT2D eigenvalue weighted by Crippen LogP contribution is 2.20. The summed E-state index contributed by atoms with van der Waals surface area (Å²) in [6, 6.07) is -0.00512. The zero-order valence-corrected chi connectivity index (χ0v) is 10.5. The lowest BCUT2D eigenvalue weighted by Crippen LogP contribution is -2.41. The minimum Gasteiger partial charge on any atom is -0.300 e. The van der Waals surface area contributed by atoms with E-state index in [1.54, 1.807) is 13.0 Å². The zero-order valence-electron chi connectivity index (χ0n) is 10.5. The van der Waals surface area contributed by atoms with Gasteiger partial charge in [-0.15, -0.1) is 0 Å². The van der Waals surface area contributed by atoms with Gasteiger partial charge >= 0.3 is 0 Å². The van der Waals surface area contributed by atoms with E-state index in [0.29, 0.717) is 11.8 Å². The van der Waals surface area contributed by atoms with E-state index < -0.39 is 0 Å². The molecule has 15 heavy (non-hydrogen) atoms. The van der Waals surface area contributed by atoms with Gasteiger partial charge in [-0.25, -0.2) is 0 Å². The van der Waals surface area contributed by atoms with E-state index in [0.717, 1.165) is 0 Å². The van der Waals surface area contributed by atoms with Crippen molar-refractivity contribution >= 4 is 5.78 Å². The van der Waals surface area contributed by atoms with Crippen LogP contribution in [0.4, 0.5) is 0 Å². The first-order valence-corrected chi connectivity index (χ1v) is 5.38. The molecule has 0 N–H and O–H groups in total. The lowest BCUT2D eigenvalue weighted by molar-refractivity contribution is -0.123. The van der Waals surface area contributed by atoms with Crippen LogP contribution in [-0.4, -0.2) is 30.8 Å². The highest BCUT2D eigenvalue weighted by atomic mass is 16.1. The van der Waals surface area contributed by atoms with E-state index in [9.17, 15) is 4.79 Å². The molecule has 3 atom stereocenters. The number of Topliss-reactive ketones (excluding diaryl/α,β-unsaturated/α-hetero) is 1. The molecule has 86 valence electrons. The maximum absolute atomic E-state index is 11.5. The quantitative estimate of drug-likeness (QED) is 0.626. The summed E-state index contributed by atoms with van der Waals surface area (Å²) < 4.78 is 0. The Hall–Kier alpha value is -0.890. The van der Waals surface area contributed by atoms with E-state index in [2.05, 4.69) is 26.5 Å². The van der Waals surface area contributed by atoms with Gasteiger partial charge in [-0.2, -0.15) is 0 Å². The fourth-order valence-corrected chi connectivity index (χ4v) is 1.92. The van der Waals surface area contributed by atoms with E-state index in [1.165, 1.54) is 0 Å². The van der Waals surface area contributed by atoms with Crippen LogP contribution in [0, 0.1) is 11.8 Å². The van der Waals surface area contributed by atoms with Gasteiger partial charge in [-0.1, -0.05) is 38.7 Å². The molecule has 2 heteroatoms. The van der Waals surface area contributed by atoms with Gasteiger partial charge in [0, 0.05) is 0 Å². The molecule has 2 nitrogen and oxygen atoms in total. The Morgan fingerprint density at radius 1 is 1.33 bits per heavy atom. The van der Waals surface area contributed by atoms with Gasteiger partial charge in [0.15, 0.2) is 0 Å². The van der Waals surface area contributed by atoms with Crippen LogP contribution in [-0.2, 0) is 4.79 Å². The molecule has 0 spiro atoms. The van der Waals surface area contributed by atoms with E-state index in [4.69, 9.17) is 0 Å². The predicted molar refractivity (Wildman–Crippen MR) is 65.8 cm³/mol. The summed E-state index contributed by atoms with van der Waals surface area (Å²) in [4.78, 5) is 13.5. The molecule has 0 rings (SSSR count). The van der Waals surface area contributed by atoms with Gasteiger partial charge in [0.25, 0.3) is 0 Å². The second-order valence-electron chi connectivity index (χ2n) is 4.36. The standard InChI is InChI=1S/C13H23NO/c1-7-8-9-10(2)11(3)13(12(4)15)14(5)6/h7-11,13H,1H2,2-6H3/b9-8+/t10-,11-,13+/m1/s1. The van der Waals surface area contributed by atoms with Crippen molar-refractivity contribution in [1.82, 2.24) is 4.90 Å². The number of hydrogen-bond donors (Lipinski definition) is 0. The molecule has 0 saturated heterocycles. The fraction of sp³-hybridized carbons (Fsp3) is 0.615. The topological polar surface area (TPSA) is 20.3 Å². The molecule has 0 aromatic rings. The van der Waals surface area contributed by atoms with Gasteiger partial charge < -0.3 is 0 Å². The van der Waals surface area contributed by atoms with Crippen LogP contribution in [0.5, 0.6) is 0 Å². The van der Waals surface area contributed by atoms with Crippen molar-refractivity contribution in [2.24, 2.45) is 11.8 Å². The van der Waals surface area contributed by atoms with Gasteiger partial charge in [-0.3, -0.25) is 9.69 Å². The molecular weight excluding hydrogens is 186 g/mol. The van der Waals surface area contributed by atoms with Crippen LogP contribution < -0.4 is 0 Å². The maximum atomic E-state index is 11.5. The summed E-state index contributed by atoms with van der Waals surface area (Å²) in [7, 11) is 3.90. The molecule has 0 aliphatic rings. The van der Waals surface area contributed by atoms with Gasteiger partial charge in [0.1, 0.15) is 5.78 Å². The predicted octanol–water partition coefficient (Wildman–Crippen LogP) is 2.52. The average molecular weight is 209 g/mol. The van der Waals surface area contributed by atoms with Gasteiger partial charge in [-0.05, 0) is 32.9 Å². The number of likely N-dealkylation sites (N-methyl/N-ethyl adjacent to an activating group) is 1.